The van der Waals surface area contributed by atoms with Crippen LogP contribution >= 0.6 is 0 Å². The van der Waals surface area contributed by atoms with Crippen LogP contribution in [-0.4, -0.2) is 42.2 Å². The maximum atomic E-state index is 12.1. The fourth-order valence-electron chi connectivity index (χ4n) is 2.55. The van der Waals surface area contributed by atoms with E-state index in [1.54, 1.807) is 24.3 Å². The predicted octanol–water partition coefficient (Wildman–Crippen LogP) is 0.918. The van der Waals surface area contributed by atoms with Gasteiger partial charge in [0.2, 0.25) is 5.91 Å². The molecule has 0 aliphatic carbocycles. The Balaban J connectivity index is 1.57. The van der Waals surface area contributed by atoms with Crippen molar-refractivity contribution < 1.29 is 32.6 Å². The second-order valence-corrected chi connectivity index (χ2v) is 7.74. The molecule has 2 aromatic rings. The molecule has 0 saturated carbocycles. The van der Waals surface area contributed by atoms with Crippen molar-refractivity contribution in [2.45, 2.75) is 13.2 Å². The van der Waals surface area contributed by atoms with E-state index in [1.807, 2.05) is 4.72 Å². The third kappa shape index (κ3) is 4.53. The molecule has 3 rings (SSSR count). The Morgan fingerprint density at radius 2 is 1.57 bits per heavy atom. The number of hydrogen-bond acceptors (Lipinski definition) is 6. The van der Waals surface area contributed by atoms with Crippen molar-refractivity contribution in [3.05, 3.63) is 70.8 Å². The van der Waals surface area contributed by atoms with Crippen LogP contribution in [0.1, 0.15) is 31.8 Å². The molecule has 0 atom stereocenters. The Hall–Kier alpha value is -3.24. The van der Waals surface area contributed by atoms with E-state index in [-0.39, 0.29) is 30.8 Å². The van der Waals surface area contributed by atoms with Crippen LogP contribution in [0, 0.1) is 0 Å². The van der Waals surface area contributed by atoms with Crippen LogP contribution < -0.4 is 4.72 Å². The summed E-state index contributed by atoms with van der Waals surface area (Å²) in [6, 6.07) is 12.1. The topological polar surface area (TPSA) is 130 Å². The van der Waals surface area contributed by atoms with Crippen molar-refractivity contribution in [3.8, 4) is 0 Å². The lowest BCUT2D eigenvalue weighted by atomic mass is 10.1. The molecule has 1 aliphatic rings. The number of carbonyl (C=O) groups excluding carboxylic acids is 2. The van der Waals surface area contributed by atoms with Crippen molar-refractivity contribution in [2.24, 2.45) is 0 Å². The Morgan fingerprint density at radius 3 is 2.11 bits per heavy atom. The zero-order valence-corrected chi connectivity index (χ0v) is 15.3. The second kappa shape index (κ2) is 7.79. The summed E-state index contributed by atoms with van der Waals surface area (Å²) >= 11 is 0. The minimum atomic E-state index is -3.80. The van der Waals surface area contributed by atoms with Gasteiger partial charge < -0.3 is 9.84 Å². The molecule has 146 valence electrons. The van der Waals surface area contributed by atoms with Crippen molar-refractivity contribution >= 4 is 28.1 Å². The molecule has 1 heterocycles. The Kier molecular flexibility index (Phi) is 5.43. The number of hydrogen-bond donors (Lipinski definition) is 2. The Bertz CT molecular complexity index is 1010. The minimum absolute atomic E-state index is 0.00628. The number of carbonyl (C=O) groups is 3. The van der Waals surface area contributed by atoms with E-state index in [0.29, 0.717) is 11.1 Å². The van der Waals surface area contributed by atoms with Crippen LogP contribution in [0.5, 0.6) is 0 Å². The van der Waals surface area contributed by atoms with E-state index < -0.39 is 28.1 Å². The second-order valence-electron chi connectivity index (χ2n) is 6.07. The summed E-state index contributed by atoms with van der Waals surface area (Å²) in [5.74, 6) is -2.19. The van der Waals surface area contributed by atoms with Gasteiger partial charge in [-0.2, -0.15) is 12.7 Å². The Labute approximate surface area is 160 Å². The predicted molar refractivity (Wildman–Crippen MR) is 96.4 cm³/mol. The average Bonchev–Trinajstić information content (AvgIpc) is 2.91. The van der Waals surface area contributed by atoms with E-state index in [9.17, 15) is 22.8 Å². The summed E-state index contributed by atoms with van der Waals surface area (Å²) in [7, 11) is -3.80. The number of amides is 1. The third-order valence-electron chi connectivity index (χ3n) is 4.02. The molecule has 1 fully saturated rings. The standard InChI is InChI=1S/C18H16N2O7S/c21-16-10-20(28(25,26)19-16)9-12-1-7-15(8-2-12)18(24)27-11-13-3-5-14(6-4-13)17(22)23/h1-8H,9-11H2,(H,19,21)(H,22,23). The molecule has 0 radical (unpaired) electrons. The van der Waals surface area contributed by atoms with Gasteiger partial charge in [-0.25, -0.2) is 14.3 Å². The van der Waals surface area contributed by atoms with Crippen LogP contribution in [-0.2, 0) is 32.9 Å². The van der Waals surface area contributed by atoms with E-state index in [4.69, 9.17) is 9.84 Å². The zero-order valence-electron chi connectivity index (χ0n) is 14.5. The van der Waals surface area contributed by atoms with Gasteiger partial charge in [0.1, 0.15) is 6.61 Å². The van der Waals surface area contributed by atoms with Crippen LogP contribution in [0.15, 0.2) is 48.5 Å². The number of benzene rings is 2. The highest BCUT2D eigenvalue weighted by Crippen LogP contribution is 2.14. The average molecular weight is 404 g/mol. The summed E-state index contributed by atoms with van der Waals surface area (Å²) < 4.78 is 31.5. The quantitative estimate of drug-likeness (QED) is 0.685. The number of esters is 1. The van der Waals surface area contributed by atoms with Gasteiger partial charge in [-0.05, 0) is 35.4 Å². The maximum absolute atomic E-state index is 12.1. The van der Waals surface area contributed by atoms with Crippen LogP contribution in [0.3, 0.4) is 0 Å². The first kappa shape index (κ1) is 19.5. The van der Waals surface area contributed by atoms with Gasteiger partial charge in [-0.15, -0.1) is 0 Å². The molecule has 2 N–H and O–H groups in total. The number of nitrogens with one attached hydrogen (secondary N) is 1. The fraction of sp³-hybridized carbons (Fsp3) is 0.167. The van der Waals surface area contributed by atoms with Crippen LogP contribution in [0.4, 0.5) is 0 Å². The normalized spacial score (nSPS) is 15.8. The number of carboxylic acids is 1. The minimum Gasteiger partial charge on any atom is -0.478 e. The number of aromatic carboxylic acids is 1. The van der Waals surface area contributed by atoms with Crippen molar-refractivity contribution in [3.63, 3.8) is 0 Å². The van der Waals surface area contributed by atoms with Crippen LogP contribution in [0.25, 0.3) is 0 Å². The molecule has 0 unspecified atom stereocenters. The summed E-state index contributed by atoms with van der Waals surface area (Å²) in [5, 5.41) is 8.85. The largest absolute Gasteiger partial charge is 0.478 e. The molecule has 1 aliphatic heterocycles. The van der Waals surface area contributed by atoms with Gasteiger partial charge in [0.05, 0.1) is 17.7 Å². The third-order valence-corrected chi connectivity index (χ3v) is 5.45. The zero-order chi connectivity index (χ0) is 20.3. The van der Waals surface area contributed by atoms with E-state index in [1.165, 1.54) is 24.3 Å². The lowest BCUT2D eigenvalue weighted by Gasteiger charge is -2.12. The van der Waals surface area contributed by atoms with Gasteiger partial charge in [-0.3, -0.25) is 4.79 Å². The van der Waals surface area contributed by atoms with Gasteiger partial charge >= 0.3 is 22.1 Å². The first-order valence-corrected chi connectivity index (χ1v) is 9.57. The maximum Gasteiger partial charge on any atom is 0.338 e. The van der Waals surface area contributed by atoms with Gasteiger partial charge in [0, 0.05) is 6.54 Å². The molecule has 0 aromatic heterocycles. The molecule has 9 nitrogen and oxygen atoms in total. The molecular formula is C18H16N2O7S. The number of ether oxygens (including phenoxy) is 1. The molecule has 0 spiro atoms. The SMILES string of the molecule is O=C1CN(Cc2ccc(C(=O)OCc3ccc(C(=O)O)cc3)cc2)S(=O)(=O)N1. The van der Waals surface area contributed by atoms with Gasteiger partial charge in [-0.1, -0.05) is 24.3 Å². The number of carboxylic acid groups (broad SMARTS) is 1. The molecule has 0 bridgehead atoms. The van der Waals surface area contributed by atoms with Gasteiger partial charge in [0.15, 0.2) is 0 Å². The lowest BCUT2D eigenvalue weighted by molar-refractivity contribution is -0.118. The monoisotopic (exact) mass is 404 g/mol. The molecule has 10 heteroatoms. The molecule has 1 saturated heterocycles. The first-order valence-electron chi connectivity index (χ1n) is 8.13. The number of nitrogens with zero attached hydrogens (tertiary/aromatic N) is 1. The summed E-state index contributed by atoms with van der Waals surface area (Å²) in [6.07, 6.45) is 0. The lowest BCUT2D eigenvalue weighted by Crippen LogP contribution is -2.29. The highest BCUT2D eigenvalue weighted by Gasteiger charge is 2.33. The van der Waals surface area contributed by atoms with E-state index in [2.05, 4.69) is 0 Å². The summed E-state index contributed by atoms with van der Waals surface area (Å²) in [5.41, 5.74) is 1.68. The smallest absolute Gasteiger partial charge is 0.338 e. The highest BCUT2D eigenvalue weighted by atomic mass is 32.2. The van der Waals surface area contributed by atoms with E-state index in [0.717, 1.165) is 4.31 Å². The van der Waals surface area contributed by atoms with Crippen molar-refractivity contribution in [1.29, 1.82) is 0 Å². The molecule has 2 aromatic carbocycles. The number of rotatable bonds is 6. The fourth-order valence-corrected chi connectivity index (χ4v) is 3.64. The molecule has 1 amide bonds. The van der Waals surface area contributed by atoms with E-state index >= 15 is 0 Å². The van der Waals surface area contributed by atoms with Gasteiger partial charge in [0.25, 0.3) is 0 Å². The molecule has 28 heavy (non-hydrogen) atoms. The summed E-state index contributed by atoms with van der Waals surface area (Å²) in [4.78, 5) is 34.1. The van der Waals surface area contributed by atoms with Crippen molar-refractivity contribution in [2.75, 3.05) is 6.54 Å². The highest BCUT2D eigenvalue weighted by molar-refractivity contribution is 7.88. The van der Waals surface area contributed by atoms with Crippen LogP contribution in [0.2, 0.25) is 0 Å². The summed E-state index contributed by atoms with van der Waals surface area (Å²) in [6.45, 7) is -0.251. The van der Waals surface area contributed by atoms with Crippen molar-refractivity contribution in [1.82, 2.24) is 9.03 Å². The Morgan fingerprint density at radius 1 is 1.00 bits per heavy atom. The molecular weight excluding hydrogens is 388 g/mol. The first-order chi connectivity index (χ1) is 13.2.